The van der Waals surface area contributed by atoms with Gasteiger partial charge in [-0.1, -0.05) is 51.3 Å². The highest BCUT2D eigenvalue weighted by atomic mass is 16.1. The molecule has 1 aromatic carbocycles. The van der Waals surface area contributed by atoms with E-state index in [4.69, 9.17) is 0 Å². The summed E-state index contributed by atoms with van der Waals surface area (Å²) in [7, 11) is 0. The van der Waals surface area contributed by atoms with Gasteiger partial charge in [0.15, 0.2) is 0 Å². The number of hydrogen-bond donors (Lipinski definition) is 1. The van der Waals surface area contributed by atoms with E-state index in [0.717, 1.165) is 19.4 Å². The predicted octanol–water partition coefficient (Wildman–Crippen LogP) is 4.57. The van der Waals surface area contributed by atoms with Crippen molar-refractivity contribution in [2.24, 2.45) is 5.92 Å². The maximum Gasteiger partial charge on any atom is 0.220 e. The lowest BCUT2D eigenvalue weighted by Crippen LogP contribution is -2.29. The molecule has 0 saturated carbocycles. The maximum atomic E-state index is 12.0. The standard InChI is InChI=1S/C19H31NO/c1-5-7-8-17(6-2)14-20-19(21)12-11-18-10-9-15(3)16(4)13-18/h9-10,13,17H,5-8,11-12,14H2,1-4H3,(H,20,21)/t17-/m1/s1. The molecule has 118 valence electrons. The average molecular weight is 289 g/mol. The van der Waals surface area contributed by atoms with Crippen molar-refractivity contribution in [3.05, 3.63) is 34.9 Å². The number of unbranched alkanes of at least 4 members (excludes halogenated alkanes) is 1. The van der Waals surface area contributed by atoms with Crippen molar-refractivity contribution in [3.63, 3.8) is 0 Å². The molecule has 0 aromatic heterocycles. The van der Waals surface area contributed by atoms with Gasteiger partial charge in [-0.05, 0) is 49.3 Å². The number of hydrogen-bond acceptors (Lipinski definition) is 1. The second kappa shape index (κ2) is 9.59. The Morgan fingerprint density at radius 3 is 2.57 bits per heavy atom. The summed E-state index contributed by atoms with van der Waals surface area (Å²) >= 11 is 0. The number of amides is 1. The van der Waals surface area contributed by atoms with Crippen LogP contribution >= 0.6 is 0 Å². The van der Waals surface area contributed by atoms with Gasteiger partial charge in [0.2, 0.25) is 5.91 Å². The molecule has 1 rings (SSSR count). The molecule has 0 saturated heterocycles. The summed E-state index contributed by atoms with van der Waals surface area (Å²) in [5.41, 5.74) is 3.87. The minimum Gasteiger partial charge on any atom is -0.356 e. The van der Waals surface area contributed by atoms with Crippen LogP contribution < -0.4 is 5.32 Å². The lowest BCUT2D eigenvalue weighted by molar-refractivity contribution is -0.121. The molecule has 2 nitrogen and oxygen atoms in total. The first-order valence-corrected chi connectivity index (χ1v) is 8.39. The summed E-state index contributed by atoms with van der Waals surface area (Å²) in [6, 6.07) is 6.46. The van der Waals surface area contributed by atoms with Gasteiger partial charge in [-0.15, -0.1) is 0 Å². The second-order valence-electron chi connectivity index (χ2n) is 6.14. The van der Waals surface area contributed by atoms with Crippen molar-refractivity contribution < 1.29 is 4.79 Å². The normalized spacial score (nSPS) is 12.2. The smallest absolute Gasteiger partial charge is 0.220 e. The fourth-order valence-corrected chi connectivity index (χ4v) is 2.51. The van der Waals surface area contributed by atoms with Gasteiger partial charge in [0.25, 0.3) is 0 Å². The van der Waals surface area contributed by atoms with E-state index in [0.29, 0.717) is 12.3 Å². The third-order valence-electron chi connectivity index (χ3n) is 4.34. The molecule has 1 aromatic rings. The number of carbonyl (C=O) groups excluding carboxylic acids is 1. The molecule has 2 heteroatoms. The summed E-state index contributed by atoms with van der Waals surface area (Å²) in [6.45, 7) is 9.50. The van der Waals surface area contributed by atoms with Gasteiger partial charge >= 0.3 is 0 Å². The maximum absolute atomic E-state index is 12.0. The fraction of sp³-hybridized carbons (Fsp3) is 0.632. The molecule has 0 unspecified atom stereocenters. The number of aryl methyl sites for hydroxylation is 3. The second-order valence-corrected chi connectivity index (χ2v) is 6.14. The Bertz CT molecular complexity index is 439. The van der Waals surface area contributed by atoms with E-state index in [2.05, 4.69) is 51.2 Å². The van der Waals surface area contributed by atoms with Crippen molar-refractivity contribution >= 4 is 5.91 Å². The third kappa shape index (κ3) is 6.79. The molecule has 0 heterocycles. The minimum atomic E-state index is 0.183. The first kappa shape index (κ1) is 17.7. The zero-order chi connectivity index (χ0) is 15.7. The zero-order valence-corrected chi connectivity index (χ0v) is 14.2. The molecule has 1 N–H and O–H groups in total. The third-order valence-corrected chi connectivity index (χ3v) is 4.34. The minimum absolute atomic E-state index is 0.183. The van der Waals surface area contributed by atoms with E-state index in [9.17, 15) is 4.79 Å². The SMILES string of the molecule is CCCC[C@@H](CC)CNC(=O)CCc1ccc(C)c(C)c1. The average Bonchev–Trinajstić information content (AvgIpc) is 2.48. The molecule has 0 fully saturated rings. The van der Waals surface area contributed by atoms with Crippen molar-refractivity contribution in [1.29, 1.82) is 0 Å². The topological polar surface area (TPSA) is 29.1 Å². The summed E-state index contributed by atoms with van der Waals surface area (Å²) in [5.74, 6) is 0.818. The zero-order valence-electron chi connectivity index (χ0n) is 14.2. The summed E-state index contributed by atoms with van der Waals surface area (Å²) < 4.78 is 0. The van der Waals surface area contributed by atoms with Crippen LogP contribution in [0.4, 0.5) is 0 Å². The van der Waals surface area contributed by atoms with Crippen LogP contribution in [0.5, 0.6) is 0 Å². The Kier molecular flexibility index (Phi) is 8.11. The number of nitrogens with one attached hydrogen (secondary N) is 1. The first-order valence-electron chi connectivity index (χ1n) is 8.39. The van der Waals surface area contributed by atoms with Crippen LogP contribution in [0.15, 0.2) is 18.2 Å². The molecule has 0 aliphatic carbocycles. The fourth-order valence-electron chi connectivity index (χ4n) is 2.51. The highest BCUT2D eigenvalue weighted by molar-refractivity contribution is 5.76. The highest BCUT2D eigenvalue weighted by Crippen LogP contribution is 2.13. The number of rotatable bonds is 9. The van der Waals surface area contributed by atoms with E-state index in [1.165, 1.54) is 36.0 Å². The van der Waals surface area contributed by atoms with Crippen LogP contribution in [0.2, 0.25) is 0 Å². The lowest BCUT2D eigenvalue weighted by Gasteiger charge is -2.15. The molecule has 0 spiro atoms. The van der Waals surface area contributed by atoms with Gasteiger partial charge in [0.1, 0.15) is 0 Å². The van der Waals surface area contributed by atoms with E-state index in [1.807, 2.05) is 0 Å². The Morgan fingerprint density at radius 1 is 1.19 bits per heavy atom. The quantitative estimate of drug-likeness (QED) is 0.709. The summed E-state index contributed by atoms with van der Waals surface area (Å²) in [4.78, 5) is 12.0. The molecule has 21 heavy (non-hydrogen) atoms. The molecule has 0 bridgehead atoms. The van der Waals surface area contributed by atoms with Crippen molar-refractivity contribution in [2.45, 2.75) is 66.2 Å². The lowest BCUT2D eigenvalue weighted by atomic mass is 9.99. The molecule has 1 atom stereocenters. The first-order chi connectivity index (χ1) is 10.1. The Labute approximate surface area is 130 Å². The predicted molar refractivity (Wildman–Crippen MR) is 90.6 cm³/mol. The van der Waals surface area contributed by atoms with Gasteiger partial charge in [-0.2, -0.15) is 0 Å². The van der Waals surface area contributed by atoms with Gasteiger partial charge < -0.3 is 5.32 Å². The van der Waals surface area contributed by atoms with Crippen LogP contribution in [-0.4, -0.2) is 12.5 Å². The molecule has 0 radical (unpaired) electrons. The number of benzene rings is 1. The van der Waals surface area contributed by atoms with E-state index in [1.54, 1.807) is 0 Å². The van der Waals surface area contributed by atoms with Gasteiger partial charge in [0.05, 0.1) is 0 Å². The van der Waals surface area contributed by atoms with E-state index in [-0.39, 0.29) is 5.91 Å². The molecular weight excluding hydrogens is 258 g/mol. The Morgan fingerprint density at radius 2 is 1.95 bits per heavy atom. The molecule has 0 aliphatic heterocycles. The molecule has 1 amide bonds. The van der Waals surface area contributed by atoms with Crippen LogP contribution in [0.25, 0.3) is 0 Å². The van der Waals surface area contributed by atoms with Crippen LogP contribution in [0.3, 0.4) is 0 Å². The molecular formula is C19H31NO. The van der Waals surface area contributed by atoms with Crippen molar-refractivity contribution in [3.8, 4) is 0 Å². The van der Waals surface area contributed by atoms with Crippen molar-refractivity contribution in [2.75, 3.05) is 6.54 Å². The van der Waals surface area contributed by atoms with Gasteiger partial charge in [-0.3, -0.25) is 4.79 Å². The summed E-state index contributed by atoms with van der Waals surface area (Å²) in [6.07, 6.45) is 6.29. The monoisotopic (exact) mass is 289 g/mol. The molecule has 0 aliphatic rings. The summed E-state index contributed by atoms with van der Waals surface area (Å²) in [5, 5.41) is 3.10. The number of carbonyl (C=O) groups is 1. The Hall–Kier alpha value is -1.31. The Balaban J connectivity index is 2.31. The van der Waals surface area contributed by atoms with Gasteiger partial charge in [-0.25, -0.2) is 0 Å². The van der Waals surface area contributed by atoms with Crippen molar-refractivity contribution in [1.82, 2.24) is 5.32 Å². The van der Waals surface area contributed by atoms with Crippen LogP contribution in [0, 0.1) is 19.8 Å². The van der Waals surface area contributed by atoms with Gasteiger partial charge in [0, 0.05) is 13.0 Å². The highest BCUT2D eigenvalue weighted by Gasteiger charge is 2.08. The largest absolute Gasteiger partial charge is 0.356 e. The van der Waals surface area contributed by atoms with E-state index < -0.39 is 0 Å². The van der Waals surface area contributed by atoms with Crippen LogP contribution in [0.1, 0.15) is 62.6 Å². The van der Waals surface area contributed by atoms with E-state index >= 15 is 0 Å². The van der Waals surface area contributed by atoms with Crippen LogP contribution in [-0.2, 0) is 11.2 Å².